The van der Waals surface area contributed by atoms with Gasteiger partial charge in [-0.2, -0.15) is 0 Å². The summed E-state index contributed by atoms with van der Waals surface area (Å²) < 4.78 is 0. The van der Waals surface area contributed by atoms with E-state index < -0.39 is 32.5 Å². The molecule has 3 N–H and O–H groups in total. The highest BCUT2D eigenvalue weighted by molar-refractivity contribution is 6.18. The molecule has 24 atom stereocenters. The molecule has 0 radical (unpaired) electrons. The summed E-state index contributed by atoms with van der Waals surface area (Å²) in [6.07, 6.45) is 35.2. The molecule has 0 bridgehead atoms. The van der Waals surface area contributed by atoms with E-state index in [4.69, 9.17) is 37.1 Å². The van der Waals surface area contributed by atoms with E-state index in [1.165, 1.54) is 5.57 Å². The van der Waals surface area contributed by atoms with E-state index in [-0.39, 0.29) is 176 Å². The van der Waals surface area contributed by atoms with Gasteiger partial charge in [0, 0.05) is 92.1 Å². The van der Waals surface area contributed by atoms with Crippen molar-refractivity contribution in [2.24, 2.45) is 140 Å². The third-order valence-corrected chi connectivity index (χ3v) is 39.1. The number of carbonyl (C=O) groups is 8. The van der Waals surface area contributed by atoms with Gasteiger partial charge < -0.3 is 30.3 Å². The van der Waals surface area contributed by atoms with Gasteiger partial charge in [-0.05, 0) is 271 Å². The van der Waals surface area contributed by atoms with Gasteiger partial charge in [-0.3, -0.25) is 24.0 Å². The quantitative estimate of drug-likeness (QED) is 0.199. The van der Waals surface area contributed by atoms with E-state index in [9.17, 15) is 38.4 Å². The normalized spacial score (nSPS) is 48.5. The number of alkyl halides is 1. The van der Waals surface area contributed by atoms with Crippen LogP contribution in [0, 0.1) is 154 Å². The van der Waals surface area contributed by atoms with Crippen molar-refractivity contribution < 1.29 is 38.4 Å². The Morgan fingerprint density at radius 2 is 0.796 bits per heavy atom. The van der Waals surface area contributed by atoms with Crippen LogP contribution in [0.4, 0.5) is 0 Å². The van der Waals surface area contributed by atoms with Crippen molar-refractivity contribution in [3.05, 3.63) is 105 Å². The molecule has 15 aliphatic carbocycles. The molecule has 15 heteroatoms. The predicted molar refractivity (Wildman–Crippen MR) is 444 cm³/mol. The zero-order chi connectivity index (χ0) is 83.0. The number of nitrogens with one attached hydrogen (secondary N) is 1. The smallest absolute Gasteiger partial charge is 0.226 e. The zero-order valence-electron chi connectivity index (χ0n) is 72.8. The Labute approximate surface area is 682 Å². The third-order valence-electron chi connectivity index (χ3n) is 38.9. The number of carbonyl (C=O) groups excluding carboxylic acids is 8. The number of amides is 2. The molecule has 0 unspecified atom stereocenters. The van der Waals surface area contributed by atoms with E-state index in [2.05, 4.69) is 129 Å². The van der Waals surface area contributed by atoms with Crippen LogP contribution in [0.15, 0.2) is 70.3 Å². The third kappa shape index (κ3) is 11.5. The van der Waals surface area contributed by atoms with Crippen LogP contribution in [-0.4, -0.2) is 80.5 Å². The number of allylic oxidation sites excluding steroid dienone is 12. The van der Waals surface area contributed by atoms with Gasteiger partial charge in [0.05, 0.1) is 19.7 Å². The summed E-state index contributed by atoms with van der Waals surface area (Å²) in [6, 6.07) is 0. The van der Waals surface area contributed by atoms with E-state index in [1.807, 2.05) is 78.0 Å². The molecule has 2 amide bonds. The molecule has 1 aliphatic heterocycles. The lowest BCUT2D eigenvalue weighted by molar-refractivity contribution is -0.172. The van der Waals surface area contributed by atoms with Crippen LogP contribution in [0.3, 0.4) is 0 Å². The molecule has 14 nitrogen and oxygen atoms in total. The maximum absolute atomic E-state index is 14.5. The van der Waals surface area contributed by atoms with Crippen LogP contribution in [0.1, 0.15) is 306 Å². The molecule has 0 aromatic carbocycles. The summed E-state index contributed by atoms with van der Waals surface area (Å²) in [4.78, 5) is 122. The van der Waals surface area contributed by atoms with Gasteiger partial charge >= 0.3 is 0 Å². The first-order valence-electron chi connectivity index (χ1n) is 43.9. The molecule has 10 fully saturated rings. The second kappa shape index (κ2) is 26.3. The summed E-state index contributed by atoms with van der Waals surface area (Å²) >= 11 is 5.84. The Bertz CT molecular complexity index is 4520. The number of nitrogens with zero attached hydrogens (tertiary/aromatic N) is 4. The second-order valence-electron chi connectivity index (χ2n) is 45.9. The number of hydrogen-bond acceptors (Lipinski definition) is 9. The van der Waals surface area contributed by atoms with Crippen LogP contribution in [-0.2, 0) is 38.4 Å². The maximum atomic E-state index is 14.5. The van der Waals surface area contributed by atoms with Crippen LogP contribution < -0.4 is 11.1 Å². The molecule has 9 saturated carbocycles. The number of nitrogens with two attached hydrogens (primary N) is 1. The minimum atomic E-state index is -0.648. The van der Waals surface area contributed by atoms with E-state index >= 15 is 0 Å². The average Bonchev–Trinajstić information content (AvgIpc) is 0.740. The van der Waals surface area contributed by atoms with Gasteiger partial charge in [0.2, 0.25) is 28.9 Å². The van der Waals surface area contributed by atoms with Crippen molar-refractivity contribution in [1.29, 1.82) is 0 Å². The van der Waals surface area contributed by atoms with Crippen LogP contribution >= 0.6 is 11.6 Å². The predicted octanol–water partition coefficient (Wildman–Crippen LogP) is 20.7. The molecule has 16 rings (SSSR count). The Morgan fingerprint density at radius 1 is 0.460 bits per heavy atom. The maximum Gasteiger partial charge on any atom is 0.226 e. The number of halogens is 1. The first kappa shape index (κ1) is 83.6. The standard InChI is InChI=1S/C34H47ClN2O3.C34H46N2O3.C30H42N2O2/c1-29(2)24-11-12-33(6)25(32(24,5)20-22(36-8)28(29)40)18-23(38)27-21-19-31(4,37-26(39)10-9-17-35)15-13-30(21,3)14-16-34(27,33)7;1-29(2)24-11-12-33(6)25(32(24,5)20-22(35-8)28(29)39)18-23(37)27-21-19-31(4,36-17-9-10-26(36)38)15-13-30(21,3)14-16-34(27,33)7;1-25(2)21-9-10-29(6)22(28(21,5)17-19(32-8)24(25)34)15-20(33)23-18-16-27(4,31)13-11-26(18,3)12-14-30(23,29)7/h18,20-21,24,27H,9-17,19H2,1-7H3,(H,37,39);18,20-21,24,27H,9-17,19H2,1-7H3;15,17-18,21,23H,9-14,16,31H2,1-7H3/t2*21-,24-,27-,30+,31-,32-,33+,34+;18-,21-,23-,26+,27-,28-,29+,30+/m000/s1. The van der Waals surface area contributed by atoms with E-state index in [0.29, 0.717) is 31.1 Å². The summed E-state index contributed by atoms with van der Waals surface area (Å²) in [7, 11) is 0. The zero-order valence-corrected chi connectivity index (χ0v) is 73.5. The lowest BCUT2D eigenvalue weighted by atomic mass is 9.34. The molecule has 0 aromatic rings. The molecule has 1 saturated heterocycles. The van der Waals surface area contributed by atoms with Crippen LogP contribution in [0.5, 0.6) is 0 Å². The van der Waals surface area contributed by atoms with Crippen molar-refractivity contribution in [2.75, 3.05) is 12.4 Å². The van der Waals surface area contributed by atoms with Crippen molar-refractivity contribution in [3.8, 4) is 0 Å². The van der Waals surface area contributed by atoms with Gasteiger partial charge in [0.1, 0.15) is 0 Å². The van der Waals surface area contributed by atoms with Crippen molar-refractivity contribution in [2.45, 2.75) is 323 Å². The fraction of sp³-hybridized carbons (Fsp3) is 0.765. The molecule has 0 aromatic heterocycles. The molecular weight excluding hydrogens is 1420 g/mol. The fourth-order valence-electron chi connectivity index (χ4n) is 31.3. The molecule has 16 aliphatic rings. The molecule has 612 valence electrons. The highest BCUT2D eigenvalue weighted by Gasteiger charge is 2.74. The summed E-state index contributed by atoms with van der Waals surface area (Å²) in [5.41, 5.74) is 6.08. The summed E-state index contributed by atoms with van der Waals surface area (Å²) in [6.45, 7) is 70.7. The summed E-state index contributed by atoms with van der Waals surface area (Å²) in [5.74, 6) is 2.14. The highest BCUT2D eigenvalue weighted by Crippen LogP contribution is 2.79. The molecule has 113 heavy (non-hydrogen) atoms. The second-order valence-corrected chi connectivity index (χ2v) is 46.2. The Kier molecular flexibility index (Phi) is 19.5. The van der Waals surface area contributed by atoms with Crippen LogP contribution in [0.2, 0.25) is 0 Å². The van der Waals surface area contributed by atoms with Crippen molar-refractivity contribution in [1.82, 2.24) is 10.2 Å². The molecular formula is C98H135ClN6O8. The number of Topliss-reactive ketones (excluding diaryl/α,β-unsaturated/α-hetero) is 3. The monoisotopic (exact) mass is 1560 g/mol. The summed E-state index contributed by atoms with van der Waals surface area (Å²) in [5, 5.41) is 3.34. The van der Waals surface area contributed by atoms with E-state index in [0.717, 1.165) is 159 Å². The Hall–Kier alpha value is -5.88. The number of hydrogen-bond donors (Lipinski definition) is 2. The molecule has 1 heterocycles. The number of rotatable bonds is 5. The van der Waals surface area contributed by atoms with Gasteiger partial charge in [-0.1, -0.05) is 160 Å². The SMILES string of the molecule is [C-]#[N+]C1=C[C@]2(C)C3=CC(=O)[C@@H]4[C@@H]5C[C@@](C)(N)CC[C@]5(C)CC[C@@]4(C)[C@]3(C)CC[C@H]2C(C)(C)C1=O.[C-]#[N+]C1=C[C@]2(C)C3=CC(=O)[C@@H]4[C@@H]5C[C@@](C)(N6CCCC6=O)CC[C@]5(C)CC[C@@]4(C)[C@]3(C)CC[C@H]2C(C)(C)C1=O.[C-]#[N+]C1=C[C@]2(C)C3=CC(=O)[C@@H]4[C@@H]5C[C@@](C)(NC(=O)CCCCl)CC[C@]5(C)CC[C@@]4(C)[C@]3(C)CC[C@H]2C(C)(C)C1=O. The van der Waals surface area contributed by atoms with Crippen LogP contribution in [0.25, 0.3) is 14.5 Å². The van der Waals surface area contributed by atoms with Gasteiger partial charge in [-0.25, -0.2) is 14.5 Å². The number of likely N-dealkylation sites (tertiary alicyclic amines) is 1. The average molecular weight is 1560 g/mol. The van der Waals surface area contributed by atoms with Gasteiger partial charge in [0.25, 0.3) is 0 Å². The minimum absolute atomic E-state index is 0.00845. The lowest BCUT2D eigenvalue weighted by Crippen LogP contribution is -2.66. The largest absolute Gasteiger partial charge is 0.351 e. The Morgan fingerprint density at radius 3 is 1.14 bits per heavy atom. The Balaban J connectivity index is 0.000000141. The first-order chi connectivity index (χ1) is 52.1. The van der Waals surface area contributed by atoms with Crippen molar-refractivity contribution >= 4 is 58.1 Å². The topological polar surface area (TPSA) is 191 Å². The number of fused-ring (bicyclic) bond motifs is 21. The fourth-order valence-corrected chi connectivity index (χ4v) is 31.4. The lowest BCUT2D eigenvalue weighted by Gasteiger charge is -2.69. The number of ketones is 6. The molecule has 0 spiro atoms. The highest BCUT2D eigenvalue weighted by atomic mass is 35.5. The van der Waals surface area contributed by atoms with E-state index in [1.54, 1.807) is 0 Å². The van der Waals surface area contributed by atoms with Gasteiger partial charge in [0.15, 0.2) is 34.7 Å². The first-order valence-corrected chi connectivity index (χ1v) is 44.4. The van der Waals surface area contributed by atoms with Crippen molar-refractivity contribution in [3.63, 3.8) is 0 Å². The van der Waals surface area contributed by atoms with Gasteiger partial charge in [-0.15, -0.1) is 11.6 Å². The minimum Gasteiger partial charge on any atom is -0.351 e.